The van der Waals surface area contributed by atoms with Crippen LogP contribution in [-0.4, -0.2) is 21.4 Å². The van der Waals surface area contributed by atoms with Crippen LogP contribution in [0.2, 0.25) is 0 Å². The van der Waals surface area contributed by atoms with E-state index in [1.165, 1.54) is 21.1 Å². The lowest BCUT2D eigenvalue weighted by atomic mass is 9.86. The minimum Gasteiger partial charge on any atom is -0.311 e. The summed E-state index contributed by atoms with van der Waals surface area (Å²) in [5, 5.41) is 7.37. The molecular formula is C16H24N4O. The molecule has 0 aliphatic carbocycles. The summed E-state index contributed by atoms with van der Waals surface area (Å²) in [5.74, 6) is 0. The Morgan fingerprint density at radius 2 is 1.86 bits per heavy atom. The van der Waals surface area contributed by atoms with Crippen molar-refractivity contribution in [3.63, 3.8) is 0 Å². The Morgan fingerprint density at radius 1 is 1.24 bits per heavy atom. The van der Waals surface area contributed by atoms with Gasteiger partial charge >= 0.3 is 5.69 Å². The van der Waals surface area contributed by atoms with Crippen LogP contribution in [0.3, 0.4) is 0 Å². The second kappa shape index (κ2) is 5.85. The first-order chi connectivity index (χ1) is 9.82. The van der Waals surface area contributed by atoms with E-state index in [-0.39, 0.29) is 17.1 Å². The Labute approximate surface area is 125 Å². The minimum absolute atomic E-state index is 0.0617. The first-order valence-electron chi connectivity index (χ1n) is 7.19. The minimum atomic E-state index is -0.0958. The fraction of sp³-hybridized carbons (Fsp3) is 0.500. The van der Waals surface area contributed by atoms with E-state index >= 15 is 0 Å². The van der Waals surface area contributed by atoms with Crippen molar-refractivity contribution < 1.29 is 0 Å². The van der Waals surface area contributed by atoms with E-state index in [0.29, 0.717) is 6.54 Å². The Balaban J connectivity index is 2.22. The third-order valence-electron chi connectivity index (χ3n) is 3.77. The molecule has 1 aromatic carbocycles. The Bertz CT molecular complexity index is 646. The molecule has 5 nitrogen and oxygen atoms in total. The summed E-state index contributed by atoms with van der Waals surface area (Å²) in [4.78, 5) is 11.9. The number of rotatable bonds is 4. The van der Waals surface area contributed by atoms with Crippen molar-refractivity contribution in [3.8, 4) is 0 Å². The summed E-state index contributed by atoms with van der Waals surface area (Å²) in [5.41, 5.74) is 2.51. The number of aromatic nitrogens is 3. The van der Waals surface area contributed by atoms with Crippen LogP contribution in [0.4, 0.5) is 0 Å². The van der Waals surface area contributed by atoms with Crippen molar-refractivity contribution in [1.82, 2.24) is 19.7 Å². The van der Waals surface area contributed by atoms with Crippen LogP contribution in [0.1, 0.15) is 37.9 Å². The summed E-state index contributed by atoms with van der Waals surface area (Å²) in [6, 6.07) is 8.61. The van der Waals surface area contributed by atoms with Gasteiger partial charge in [-0.15, -0.1) is 0 Å². The molecule has 0 fully saturated rings. The van der Waals surface area contributed by atoms with Crippen LogP contribution in [-0.2, 0) is 19.0 Å². The van der Waals surface area contributed by atoms with E-state index < -0.39 is 0 Å². The van der Waals surface area contributed by atoms with E-state index in [1.807, 2.05) is 7.05 Å². The summed E-state index contributed by atoms with van der Waals surface area (Å²) < 4.78 is 2.97. The predicted octanol–water partition coefficient (Wildman–Crippen LogP) is 1.84. The molecule has 0 saturated carbocycles. The number of hydrogen-bond acceptors (Lipinski definition) is 3. The molecule has 1 atom stereocenters. The summed E-state index contributed by atoms with van der Waals surface area (Å²) >= 11 is 0. The highest BCUT2D eigenvalue weighted by Gasteiger charge is 2.16. The summed E-state index contributed by atoms with van der Waals surface area (Å²) in [6.45, 7) is 7.12. The van der Waals surface area contributed by atoms with E-state index in [0.717, 1.165) is 5.56 Å². The largest absolute Gasteiger partial charge is 0.345 e. The monoisotopic (exact) mass is 288 g/mol. The van der Waals surface area contributed by atoms with Gasteiger partial charge in [0.2, 0.25) is 0 Å². The molecule has 1 heterocycles. The number of hydrogen-bond donors (Lipinski definition) is 1. The third kappa shape index (κ3) is 3.42. The van der Waals surface area contributed by atoms with Crippen molar-refractivity contribution in [1.29, 1.82) is 0 Å². The van der Waals surface area contributed by atoms with Gasteiger partial charge in [-0.05, 0) is 23.6 Å². The van der Waals surface area contributed by atoms with Crippen LogP contribution in [0.5, 0.6) is 0 Å². The average Bonchev–Trinajstić information content (AvgIpc) is 2.75. The van der Waals surface area contributed by atoms with Gasteiger partial charge < -0.3 is 5.32 Å². The lowest BCUT2D eigenvalue weighted by Gasteiger charge is -2.21. The second-order valence-corrected chi connectivity index (χ2v) is 6.42. The molecule has 2 aromatic rings. The van der Waals surface area contributed by atoms with E-state index in [4.69, 9.17) is 0 Å². The fourth-order valence-corrected chi connectivity index (χ4v) is 2.30. The van der Waals surface area contributed by atoms with Gasteiger partial charge in [-0.25, -0.2) is 9.48 Å². The summed E-state index contributed by atoms with van der Waals surface area (Å²) in [6.07, 6.45) is 1.54. The van der Waals surface area contributed by atoms with E-state index in [1.54, 1.807) is 7.05 Å². The van der Waals surface area contributed by atoms with Gasteiger partial charge in [0.05, 0.1) is 12.6 Å². The lowest BCUT2D eigenvalue weighted by molar-refractivity contribution is 0.455. The van der Waals surface area contributed by atoms with Crippen LogP contribution in [0, 0.1) is 0 Å². The maximum Gasteiger partial charge on any atom is 0.345 e. The zero-order valence-corrected chi connectivity index (χ0v) is 13.4. The average molecular weight is 288 g/mol. The highest BCUT2D eigenvalue weighted by molar-refractivity contribution is 5.29. The number of nitrogens with zero attached hydrogens (tertiary/aromatic N) is 3. The molecule has 2 rings (SSSR count). The van der Waals surface area contributed by atoms with Crippen LogP contribution < -0.4 is 11.0 Å². The van der Waals surface area contributed by atoms with E-state index in [9.17, 15) is 4.79 Å². The maximum absolute atomic E-state index is 11.9. The van der Waals surface area contributed by atoms with Gasteiger partial charge in [-0.1, -0.05) is 45.0 Å². The molecule has 0 amide bonds. The van der Waals surface area contributed by atoms with Crippen molar-refractivity contribution in [2.75, 3.05) is 7.05 Å². The fourth-order valence-electron chi connectivity index (χ4n) is 2.30. The molecule has 0 bridgehead atoms. The third-order valence-corrected chi connectivity index (χ3v) is 3.77. The van der Waals surface area contributed by atoms with Crippen molar-refractivity contribution in [3.05, 3.63) is 52.2 Å². The molecule has 1 unspecified atom stereocenters. The molecule has 114 valence electrons. The smallest absolute Gasteiger partial charge is 0.311 e. The second-order valence-electron chi connectivity index (χ2n) is 6.42. The molecule has 1 N–H and O–H groups in total. The molecular weight excluding hydrogens is 264 g/mol. The Hall–Kier alpha value is -1.88. The van der Waals surface area contributed by atoms with Gasteiger partial charge in [0, 0.05) is 7.05 Å². The lowest BCUT2D eigenvalue weighted by Crippen LogP contribution is -2.30. The SMILES string of the molecule is CNC(Cn1ncn(C)c1=O)c1ccc(C(C)(C)C)cc1. The van der Waals surface area contributed by atoms with Crippen molar-refractivity contribution in [2.24, 2.45) is 7.05 Å². The molecule has 0 spiro atoms. The number of nitrogens with one attached hydrogen (secondary N) is 1. The van der Waals surface area contributed by atoms with Gasteiger partial charge in [0.1, 0.15) is 6.33 Å². The highest BCUT2D eigenvalue weighted by Crippen LogP contribution is 2.24. The van der Waals surface area contributed by atoms with Gasteiger partial charge in [0.25, 0.3) is 0 Å². The highest BCUT2D eigenvalue weighted by atomic mass is 16.2. The van der Waals surface area contributed by atoms with Gasteiger partial charge in [-0.3, -0.25) is 4.57 Å². The molecule has 0 aliphatic rings. The quantitative estimate of drug-likeness (QED) is 0.934. The molecule has 5 heteroatoms. The van der Waals surface area contributed by atoms with Crippen molar-refractivity contribution >= 4 is 0 Å². The van der Waals surface area contributed by atoms with Crippen LogP contribution >= 0.6 is 0 Å². The van der Waals surface area contributed by atoms with Crippen LogP contribution in [0.25, 0.3) is 0 Å². The zero-order chi connectivity index (χ0) is 15.6. The van der Waals surface area contributed by atoms with E-state index in [2.05, 4.69) is 55.5 Å². The number of aryl methyl sites for hydroxylation is 1. The topological polar surface area (TPSA) is 51.9 Å². The van der Waals surface area contributed by atoms with Crippen molar-refractivity contribution in [2.45, 2.75) is 38.8 Å². The maximum atomic E-state index is 11.9. The number of benzene rings is 1. The summed E-state index contributed by atoms with van der Waals surface area (Å²) in [7, 11) is 3.61. The normalized spacial score (nSPS) is 13.4. The molecule has 1 aromatic heterocycles. The molecule has 21 heavy (non-hydrogen) atoms. The standard InChI is InChI=1S/C16H24N4O/c1-16(2,3)13-8-6-12(7-9-13)14(17-4)10-20-15(21)19(5)11-18-20/h6-9,11,14,17H,10H2,1-5H3. The zero-order valence-electron chi connectivity index (χ0n) is 13.4. The Kier molecular flexibility index (Phi) is 4.32. The molecule has 0 aliphatic heterocycles. The first kappa shape index (κ1) is 15.5. The number of likely N-dealkylation sites (N-methyl/N-ethyl adjacent to an activating group) is 1. The molecule has 0 saturated heterocycles. The Morgan fingerprint density at radius 3 is 2.29 bits per heavy atom. The first-order valence-corrected chi connectivity index (χ1v) is 7.19. The predicted molar refractivity (Wildman–Crippen MR) is 84.4 cm³/mol. The van der Waals surface area contributed by atoms with Gasteiger partial charge in [-0.2, -0.15) is 5.10 Å². The molecule has 0 radical (unpaired) electrons. The van der Waals surface area contributed by atoms with Gasteiger partial charge in [0.15, 0.2) is 0 Å². The van der Waals surface area contributed by atoms with Crippen LogP contribution in [0.15, 0.2) is 35.4 Å².